The van der Waals surface area contributed by atoms with Crippen molar-refractivity contribution in [2.24, 2.45) is 5.92 Å². The van der Waals surface area contributed by atoms with Crippen molar-refractivity contribution in [2.45, 2.75) is 39.7 Å². The fourth-order valence-corrected chi connectivity index (χ4v) is 2.46. The van der Waals surface area contributed by atoms with Gasteiger partial charge in [-0.2, -0.15) is 0 Å². The molecule has 1 aliphatic carbocycles. The topological polar surface area (TPSA) is 62.0 Å². The van der Waals surface area contributed by atoms with Crippen molar-refractivity contribution in [2.75, 3.05) is 0 Å². The van der Waals surface area contributed by atoms with Crippen LogP contribution in [0.2, 0.25) is 0 Å². The van der Waals surface area contributed by atoms with Crippen LogP contribution < -0.4 is 10.9 Å². The molecule has 1 amide bonds. The van der Waals surface area contributed by atoms with E-state index in [2.05, 4.69) is 22.5 Å². The fraction of sp³-hybridized carbons (Fsp3) is 0.467. The molecular formula is C15H20N2O2. The summed E-state index contributed by atoms with van der Waals surface area (Å²) in [5, 5.41) is 2.83. The van der Waals surface area contributed by atoms with Crippen LogP contribution in [0.15, 0.2) is 23.0 Å². The van der Waals surface area contributed by atoms with E-state index in [1.54, 1.807) is 0 Å². The number of H-pyrrole nitrogens is 1. The summed E-state index contributed by atoms with van der Waals surface area (Å²) in [6.07, 6.45) is 6.85. The molecule has 0 spiro atoms. The minimum Gasteiger partial charge on any atom is -0.352 e. The third kappa shape index (κ3) is 3.56. The van der Waals surface area contributed by atoms with Gasteiger partial charge in [-0.1, -0.05) is 12.2 Å². The second-order valence-corrected chi connectivity index (χ2v) is 5.19. The normalized spacial score (nSPS) is 17.7. The average molecular weight is 260 g/mol. The predicted molar refractivity (Wildman–Crippen MR) is 74.9 cm³/mol. The number of carbonyl (C=O) groups is 1. The summed E-state index contributed by atoms with van der Waals surface area (Å²) in [5.41, 5.74) is 2.29. The second kappa shape index (κ2) is 5.87. The number of hydrogen-bond acceptors (Lipinski definition) is 2. The maximum Gasteiger partial charge on any atom is 0.253 e. The van der Waals surface area contributed by atoms with Crippen molar-refractivity contribution in [1.29, 1.82) is 0 Å². The lowest BCUT2D eigenvalue weighted by Crippen LogP contribution is -2.28. The first-order valence-corrected chi connectivity index (χ1v) is 6.69. The van der Waals surface area contributed by atoms with E-state index in [0.717, 1.165) is 24.1 Å². The Morgan fingerprint density at radius 2 is 2.26 bits per heavy atom. The van der Waals surface area contributed by atoms with Crippen molar-refractivity contribution in [3.05, 3.63) is 45.4 Å². The predicted octanol–water partition coefficient (Wildman–Crippen LogP) is 1.96. The molecule has 4 nitrogen and oxygen atoms in total. The molecule has 1 atom stereocenters. The minimum atomic E-state index is -0.112. The molecule has 102 valence electrons. The van der Waals surface area contributed by atoms with E-state index < -0.39 is 0 Å². The summed E-state index contributed by atoms with van der Waals surface area (Å²) in [7, 11) is 0. The number of rotatable bonds is 4. The van der Waals surface area contributed by atoms with E-state index in [0.29, 0.717) is 24.4 Å². The first kappa shape index (κ1) is 13.6. The number of aromatic amines is 1. The monoisotopic (exact) mass is 260 g/mol. The quantitative estimate of drug-likeness (QED) is 0.813. The zero-order valence-electron chi connectivity index (χ0n) is 11.5. The van der Waals surface area contributed by atoms with E-state index in [1.807, 2.05) is 19.9 Å². The maximum absolute atomic E-state index is 11.8. The van der Waals surface area contributed by atoms with Crippen LogP contribution in [0.5, 0.6) is 0 Å². The number of allylic oxidation sites excluding steroid dienone is 2. The third-order valence-corrected chi connectivity index (χ3v) is 3.52. The van der Waals surface area contributed by atoms with E-state index in [1.165, 1.54) is 0 Å². The van der Waals surface area contributed by atoms with E-state index >= 15 is 0 Å². The number of pyridine rings is 1. The van der Waals surface area contributed by atoms with E-state index in [4.69, 9.17) is 0 Å². The van der Waals surface area contributed by atoms with Gasteiger partial charge in [0.25, 0.3) is 5.56 Å². The molecule has 0 aliphatic heterocycles. The Kier molecular flexibility index (Phi) is 4.20. The number of nitrogens with one attached hydrogen (secondary N) is 2. The Labute approximate surface area is 112 Å². The number of amides is 1. The molecule has 1 aliphatic rings. The van der Waals surface area contributed by atoms with Crippen molar-refractivity contribution in [3.8, 4) is 0 Å². The minimum absolute atomic E-state index is 0.0101. The Bertz CT molecular complexity index is 558. The van der Waals surface area contributed by atoms with Crippen LogP contribution in [0.25, 0.3) is 0 Å². The highest BCUT2D eigenvalue weighted by Crippen LogP contribution is 2.20. The molecule has 19 heavy (non-hydrogen) atoms. The van der Waals surface area contributed by atoms with Crippen LogP contribution in [0.4, 0.5) is 0 Å². The molecule has 1 heterocycles. The first-order chi connectivity index (χ1) is 9.06. The molecule has 4 heteroatoms. The molecule has 2 rings (SSSR count). The zero-order valence-corrected chi connectivity index (χ0v) is 11.5. The van der Waals surface area contributed by atoms with Gasteiger partial charge in [-0.3, -0.25) is 9.59 Å². The molecule has 0 aromatic carbocycles. The highest BCUT2D eigenvalue weighted by atomic mass is 16.1. The summed E-state index contributed by atoms with van der Waals surface area (Å²) in [6, 6.07) is 1.92. The molecule has 0 radical (unpaired) electrons. The standard InChI is InChI=1S/C15H20N2O2/c1-10-7-11(2)17-15(19)13(10)9-16-14(18)8-12-5-3-4-6-12/h3,5,7,12H,4,6,8-9H2,1-2H3,(H,16,18)(H,17,19)/t12-/m0/s1. The molecule has 0 saturated heterocycles. The number of aryl methyl sites for hydroxylation is 2. The number of hydrogen-bond donors (Lipinski definition) is 2. The molecule has 1 aromatic heterocycles. The van der Waals surface area contributed by atoms with Gasteiger partial charge in [-0.25, -0.2) is 0 Å². The van der Waals surface area contributed by atoms with Crippen LogP contribution >= 0.6 is 0 Å². The van der Waals surface area contributed by atoms with E-state index in [9.17, 15) is 9.59 Å². The average Bonchev–Trinajstić information content (AvgIpc) is 2.80. The molecule has 0 saturated carbocycles. The van der Waals surface area contributed by atoms with Crippen LogP contribution in [0, 0.1) is 19.8 Å². The molecular weight excluding hydrogens is 240 g/mol. The largest absolute Gasteiger partial charge is 0.352 e. The van der Waals surface area contributed by atoms with Crippen molar-refractivity contribution >= 4 is 5.91 Å². The van der Waals surface area contributed by atoms with Gasteiger partial charge in [-0.15, -0.1) is 0 Å². The van der Waals surface area contributed by atoms with Gasteiger partial charge in [0.15, 0.2) is 0 Å². The summed E-state index contributed by atoms with van der Waals surface area (Å²) >= 11 is 0. The van der Waals surface area contributed by atoms with Gasteiger partial charge in [0.1, 0.15) is 0 Å². The third-order valence-electron chi connectivity index (χ3n) is 3.52. The highest BCUT2D eigenvalue weighted by Gasteiger charge is 2.14. The molecule has 2 N–H and O–H groups in total. The molecule has 0 bridgehead atoms. The van der Waals surface area contributed by atoms with Gasteiger partial charge in [-0.05, 0) is 44.2 Å². The number of carbonyl (C=O) groups excluding carboxylic acids is 1. The molecule has 1 aromatic rings. The van der Waals surface area contributed by atoms with Crippen molar-refractivity contribution in [3.63, 3.8) is 0 Å². The summed E-state index contributed by atoms with van der Waals surface area (Å²) in [6.45, 7) is 4.04. The van der Waals surface area contributed by atoms with Crippen LogP contribution in [0.1, 0.15) is 36.1 Å². The van der Waals surface area contributed by atoms with E-state index in [-0.39, 0.29) is 11.5 Å². The summed E-state index contributed by atoms with van der Waals surface area (Å²) in [4.78, 5) is 26.4. The lowest BCUT2D eigenvalue weighted by Gasteiger charge is -2.10. The Morgan fingerprint density at radius 1 is 1.47 bits per heavy atom. The van der Waals surface area contributed by atoms with Gasteiger partial charge < -0.3 is 10.3 Å². The summed E-state index contributed by atoms with van der Waals surface area (Å²) in [5.74, 6) is 0.369. The highest BCUT2D eigenvalue weighted by molar-refractivity contribution is 5.76. The maximum atomic E-state index is 11.8. The SMILES string of the molecule is Cc1cc(C)c(CNC(=O)C[C@H]2C=CCC2)c(=O)[nH]1. The second-order valence-electron chi connectivity index (χ2n) is 5.19. The smallest absolute Gasteiger partial charge is 0.253 e. The Balaban J connectivity index is 1.93. The van der Waals surface area contributed by atoms with Gasteiger partial charge in [0.05, 0.1) is 0 Å². The lowest BCUT2D eigenvalue weighted by molar-refractivity contribution is -0.121. The van der Waals surface area contributed by atoms with Crippen LogP contribution in [0.3, 0.4) is 0 Å². The van der Waals surface area contributed by atoms with Crippen LogP contribution in [-0.4, -0.2) is 10.9 Å². The van der Waals surface area contributed by atoms with Crippen molar-refractivity contribution < 1.29 is 4.79 Å². The fourth-order valence-electron chi connectivity index (χ4n) is 2.46. The van der Waals surface area contributed by atoms with Gasteiger partial charge >= 0.3 is 0 Å². The Hall–Kier alpha value is -1.84. The van der Waals surface area contributed by atoms with Crippen LogP contribution in [-0.2, 0) is 11.3 Å². The van der Waals surface area contributed by atoms with Crippen molar-refractivity contribution in [1.82, 2.24) is 10.3 Å². The zero-order chi connectivity index (χ0) is 13.8. The van der Waals surface area contributed by atoms with Gasteiger partial charge in [0.2, 0.25) is 5.91 Å². The summed E-state index contributed by atoms with van der Waals surface area (Å²) < 4.78 is 0. The molecule has 0 unspecified atom stereocenters. The molecule has 0 fully saturated rings. The Morgan fingerprint density at radius 3 is 2.89 bits per heavy atom. The lowest BCUT2D eigenvalue weighted by atomic mass is 10.0. The number of aromatic nitrogens is 1. The first-order valence-electron chi connectivity index (χ1n) is 6.69. The van der Waals surface area contributed by atoms with Gasteiger partial charge in [0, 0.05) is 24.2 Å².